The van der Waals surface area contributed by atoms with Crippen LogP contribution in [0.15, 0.2) is 0 Å². The van der Waals surface area contributed by atoms with E-state index in [4.69, 9.17) is 5.73 Å². The Kier molecular flexibility index (Phi) is 2.95. The Morgan fingerprint density at radius 2 is 2.22 bits per heavy atom. The number of rotatable bonds is 3. The van der Waals surface area contributed by atoms with E-state index in [9.17, 15) is 0 Å². The van der Waals surface area contributed by atoms with E-state index in [1.165, 1.54) is 19.6 Å². The normalized spacial score (nSPS) is 22.0. The topological polar surface area (TPSA) is 29.3 Å². The third-order valence-corrected chi connectivity index (χ3v) is 2.12. The SMILES string of the molecule is NCC1CN(CCBr)C1. The first-order valence-corrected chi connectivity index (χ1v) is 4.47. The number of alkyl halides is 1. The molecule has 2 nitrogen and oxygen atoms in total. The first kappa shape index (κ1) is 7.51. The highest BCUT2D eigenvalue weighted by molar-refractivity contribution is 9.09. The van der Waals surface area contributed by atoms with Gasteiger partial charge in [-0.1, -0.05) is 15.9 Å². The minimum absolute atomic E-state index is 0.782. The lowest BCUT2D eigenvalue weighted by atomic mass is 10.0. The van der Waals surface area contributed by atoms with Crippen molar-refractivity contribution >= 4 is 15.9 Å². The molecule has 2 N–H and O–H groups in total. The largest absolute Gasteiger partial charge is 0.330 e. The maximum atomic E-state index is 5.45. The van der Waals surface area contributed by atoms with Crippen molar-refractivity contribution in [3.05, 3.63) is 0 Å². The average Bonchev–Trinajstić information content (AvgIpc) is 1.77. The highest BCUT2D eigenvalue weighted by Gasteiger charge is 2.23. The van der Waals surface area contributed by atoms with Crippen molar-refractivity contribution in [2.75, 3.05) is 31.5 Å². The second-order valence-electron chi connectivity index (χ2n) is 2.55. The fourth-order valence-electron chi connectivity index (χ4n) is 1.13. The first-order chi connectivity index (χ1) is 4.36. The number of nitrogens with zero attached hydrogens (tertiary/aromatic N) is 1. The highest BCUT2D eigenvalue weighted by Crippen LogP contribution is 2.12. The maximum absolute atomic E-state index is 5.45. The van der Waals surface area contributed by atoms with Crippen LogP contribution >= 0.6 is 15.9 Å². The van der Waals surface area contributed by atoms with Gasteiger partial charge in [-0.15, -0.1) is 0 Å². The zero-order chi connectivity index (χ0) is 6.69. The molecule has 1 fully saturated rings. The molecule has 0 unspecified atom stereocenters. The van der Waals surface area contributed by atoms with Gasteiger partial charge < -0.3 is 10.6 Å². The summed E-state index contributed by atoms with van der Waals surface area (Å²) < 4.78 is 0. The van der Waals surface area contributed by atoms with Crippen LogP contribution in [0.4, 0.5) is 0 Å². The van der Waals surface area contributed by atoms with Crippen LogP contribution in [0.1, 0.15) is 0 Å². The molecule has 0 aromatic heterocycles. The van der Waals surface area contributed by atoms with Gasteiger partial charge in [-0.3, -0.25) is 0 Å². The molecule has 54 valence electrons. The summed E-state index contributed by atoms with van der Waals surface area (Å²) in [6.07, 6.45) is 0. The second-order valence-corrected chi connectivity index (χ2v) is 3.34. The molecule has 0 aliphatic carbocycles. The Labute approximate surface area is 64.5 Å². The smallest absolute Gasteiger partial charge is 0.0159 e. The van der Waals surface area contributed by atoms with Gasteiger partial charge in [-0.05, 0) is 12.5 Å². The number of hydrogen-bond donors (Lipinski definition) is 1. The Bertz CT molecular complexity index is 81.1. The molecule has 0 atom stereocenters. The first-order valence-electron chi connectivity index (χ1n) is 3.35. The monoisotopic (exact) mass is 192 g/mol. The minimum atomic E-state index is 0.782. The van der Waals surface area contributed by atoms with E-state index in [1.807, 2.05) is 0 Å². The molecule has 1 heterocycles. The third-order valence-electron chi connectivity index (χ3n) is 1.77. The summed E-state index contributed by atoms with van der Waals surface area (Å²) in [7, 11) is 0. The Morgan fingerprint density at radius 1 is 1.56 bits per heavy atom. The van der Waals surface area contributed by atoms with Crippen LogP contribution in [-0.2, 0) is 0 Å². The molecular weight excluding hydrogens is 180 g/mol. The standard InChI is InChI=1S/C6H13BrN2/c7-1-2-9-4-6(3-8)5-9/h6H,1-5,8H2. The summed E-state index contributed by atoms with van der Waals surface area (Å²) >= 11 is 3.39. The van der Waals surface area contributed by atoms with Crippen LogP contribution in [0.5, 0.6) is 0 Å². The summed E-state index contributed by atoms with van der Waals surface area (Å²) in [6.45, 7) is 4.46. The molecular formula is C6H13BrN2. The highest BCUT2D eigenvalue weighted by atomic mass is 79.9. The average molecular weight is 193 g/mol. The van der Waals surface area contributed by atoms with E-state index < -0.39 is 0 Å². The van der Waals surface area contributed by atoms with Gasteiger partial charge in [-0.25, -0.2) is 0 Å². The van der Waals surface area contributed by atoms with E-state index in [0.29, 0.717) is 0 Å². The van der Waals surface area contributed by atoms with Crippen molar-refractivity contribution in [2.45, 2.75) is 0 Å². The number of hydrogen-bond acceptors (Lipinski definition) is 2. The number of nitrogens with two attached hydrogens (primary N) is 1. The predicted molar refractivity (Wildman–Crippen MR) is 42.8 cm³/mol. The lowest BCUT2D eigenvalue weighted by Gasteiger charge is -2.38. The third kappa shape index (κ3) is 1.92. The summed E-state index contributed by atoms with van der Waals surface area (Å²) in [5.74, 6) is 0.782. The van der Waals surface area contributed by atoms with Crippen LogP contribution in [0, 0.1) is 5.92 Å². The van der Waals surface area contributed by atoms with Gasteiger partial charge in [0, 0.05) is 25.0 Å². The Balaban J connectivity index is 1.98. The fourth-order valence-corrected chi connectivity index (χ4v) is 1.63. The Hall–Kier alpha value is 0.400. The van der Waals surface area contributed by atoms with Crippen LogP contribution in [0.3, 0.4) is 0 Å². The molecule has 0 saturated carbocycles. The number of likely N-dealkylation sites (tertiary alicyclic amines) is 1. The molecule has 0 radical (unpaired) electrons. The number of halogens is 1. The zero-order valence-corrected chi connectivity index (χ0v) is 7.10. The van der Waals surface area contributed by atoms with Gasteiger partial charge in [0.15, 0.2) is 0 Å². The minimum Gasteiger partial charge on any atom is -0.330 e. The van der Waals surface area contributed by atoms with Crippen molar-refractivity contribution in [1.82, 2.24) is 4.90 Å². The summed E-state index contributed by atoms with van der Waals surface area (Å²) in [6, 6.07) is 0. The van der Waals surface area contributed by atoms with Crippen molar-refractivity contribution in [1.29, 1.82) is 0 Å². The molecule has 0 bridgehead atoms. The molecule has 0 amide bonds. The zero-order valence-electron chi connectivity index (χ0n) is 5.52. The molecule has 1 aliphatic heterocycles. The van der Waals surface area contributed by atoms with Gasteiger partial charge >= 0.3 is 0 Å². The van der Waals surface area contributed by atoms with Crippen molar-refractivity contribution in [3.8, 4) is 0 Å². The van der Waals surface area contributed by atoms with E-state index in [-0.39, 0.29) is 0 Å². The van der Waals surface area contributed by atoms with Gasteiger partial charge in [0.25, 0.3) is 0 Å². The molecule has 1 rings (SSSR count). The van der Waals surface area contributed by atoms with Gasteiger partial charge in [-0.2, -0.15) is 0 Å². The maximum Gasteiger partial charge on any atom is 0.0159 e. The fraction of sp³-hybridized carbons (Fsp3) is 1.00. The summed E-state index contributed by atoms with van der Waals surface area (Å²) in [4.78, 5) is 2.41. The van der Waals surface area contributed by atoms with Crippen molar-refractivity contribution in [3.63, 3.8) is 0 Å². The van der Waals surface area contributed by atoms with Gasteiger partial charge in [0.1, 0.15) is 0 Å². The lowest BCUT2D eigenvalue weighted by molar-refractivity contribution is 0.115. The molecule has 3 heteroatoms. The van der Waals surface area contributed by atoms with E-state index in [2.05, 4.69) is 20.8 Å². The van der Waals surface area contributed by atoms with Crippen molar-refractivity contribution in [2.24, 2.45) is 11.7 Å². The van der Waals surface area contributed by atoms with Crippen LogP contribution in [0.2, 0.25) is 0 Å². The second kappa shape index (κ2) is 3.54. The van der Waals surface area contributed by atoms with E-state index >= 15 is 0 Å². The van der Waals surface area contributed by atoms with Crippen LogP contribution in [-0.4, -0.2) is 36.4 Å². The van der Waals surface area contributed by atoms with Gasteiger partial charge in [0.2, 0.25) is 0 Å². The Morgan fingerprint density at radius 3 is 2.67 bits per heavy atom. The summed E-state index contributed by atoms with van der Waals surface area (Å²) in [5, 5.41) is 1.09. The molecule has 0 spiro atoms. The van der Waals surface area contributed by atoms with E-state index in [1.54, 1.807) is 0 Å². The molecule has 1 saturated heterocycles. The lowest BCUT2D eigenvalue weighted by Crippen LogP contribution is -2.50. The van der Waals surface area contributed by atoms with Crippen LogP contribution < -0.4 is 5.73 Å². The summed E-state index contributed by atoms with van der Waals surface area (Å²) in [5.41, 5.74) is 5.45. The quantitative estimate of drug-likeness (QED) is 0.652. The van der Waals surface area contributed by atoms with Crippen molar-refractivity contribution < 1.29 is 0 Å². The molecule has 0 aromatic carbocycles. The van der Waals surface area contributed by atoms with Crippen LogP contribution in [0.25, 0.3) is 0 Å². The molecule has 9 heavy (non-hydrogen) atoms. The molecule has 0 aromatic rings. The predicted octanol–water partition coefficient (Wildman–Crippen LogP) is 0.272. The van der Waals surface area contributed by atoms with Gasteiger partial charge in [0.05, 0.1) is 0 Å². The molecule has 1 aliphatic rings. The van der Waals surface area contributed by atoms with E-state index in [0.717, 1.165) is 17.8 Å².